The van der Waals surface area contributed by atoms with Crippen LogP contribution in [-0.4, -0.2) is 5.91 Å². The first kappa shape index (κ1) is 21.0. The van der Waals surface area contributed by atoms with Crippen LogP contribution in [0, 0.1) is 11.3 Å². The van der Waals surface area contributed by atoms with E-state index in [1.807, 2.05) is 24.3 Å². The summed E-state index contributed by atoms with van der Waals surface area (Å²) in [5.74, 6) is -0.416. The van der Waals surface area contributed by atoms with Gasteiger partial charge < -0.3 is 10.6 Å². The number of nitriles is 1. The van der Waals surface area contributed by atoms with Crippen LogP contribution in [0.2, 0.25) is 5.02 Å². The van der Waals surface area contributed by atoms with Crippen LogP contribution in [0.5, 0.6) is 0 Å². The summed E-state index contributed by atoms with van der Waals surface area (Å²) in [6, 6.07) is 16.0. The Labute approximate surface area is 177 Å². The van der Waals surface area contributed by atoms with Crippen LogP contribution in [0.4, 0.5) is 0 Å². The Morgan fingerprint density at radius 1 is 1.21 bits per heavy atom. The van der Waals surface area contributed by atoms with Crippen LogP contribution in [0.3, 0.4) is 0 Å². The molecule has 5 heteroatoms. The minimum absolute atomic E-state index is 0.0495. The van der Waals surface area contributed by atoms with Gasteiger partial charge in [-0.3, -0.25) is 4.79 Å². The topological polar surface area (TPSA) is 64.9 Å². The second-order valence-electron chi connectivity index (χ2n) is 7.31. The highest BCUT2D eigenvalue weighted by Crippen LogP contribution is 2.26. The first-order valence-corrected chi connectivity index (χ1v) is 10.5. The van der Waals surface area contributed by atoms with Crippen molar-refractivity contribution in [2.45, 2.75) is 51.6 Å². The zero-order valence-corrected chi connectivity index (χ0v) is 17.4. The van der Waals surface area contributed by atoms with Crippen LogP contribution in [0.15, 0.2) is 54.2 Å². The summed E-state index contributed by atoms with van der Waals surface area (Å²) in [6.45, 7) is 2.37. The smallest absolute Gasteiger partial charge is 0.263 e. The highest BCUT2D eigenvalue weighted by Gasteiger charge is 2.15. The van der Waals surface area contributed by atoms with E-state index in [4.69, 9.17) is 11.6 Å². The molecule has 4 nitrogen and oxygen atoms in total. The number of rotatable bonds is 7. The molecule has 150 valence electrons. The van der Waals surface area contributed by atoms with Crippen molar-refractivity contribution in [1.29, 1.82) is 5.26 Å². The van der Waals surface area contributed by atoms with E-state index in [1.165, 1.54) is 35.7 Å². The highest BCUT2D eigenvalue weighted by atomic mass is 35.5. The minimum atomic E-state index is -0.416. The van der Waals surface area contributed by atoms with Crippen molar-refractivity contribution >= 4 is 17.5 Å². The van der Waals surface area contributed by atoms with Crippen molar-refractivity contribution in [1.82, 2.24) is 10.6 Å². The molecule has 0 radical (unpaired) electrons. The Bertz CT molecular complexity index is 945. The summed E-state index contributed by atoms with van der Waals surface area (Å²) < 4.78 is 0. The van der Waals surface area contributed by atoms with E-state index in [-0.39, 0.29) is 18.2 Å². The number of benzene rings is 2. The van der Waals surface area contributed by atoms with E-state index >= 15 is 0 Å². The molecule has 0 fully saturated rings. The fraction of sp³-hybridized carbons (Fsp3) is 0.333. The van der Waals surface area contributed by atoms with Gasteiger partial charge in [-0.1, -0.05) is 54.9 Å². The number of halogens is 1. The molecule has 2 aromatic rings. The van der Waals surface area contributed by atoms with Gasteiger partial charge in [0.15, 0.2) is 0 Å². The first-order valence-electron chi connectivity index (χ1n) is 10.1. The van der Waals surface area contributed by atoms with Gasteiger partial charge in [-0.05, 0) is 60.4 Å². The molecule has 0 bridgehead atoms. The van der Waals surface area contributed by atoms with Gasteiger partial charge in [-0.25, -0.2) is 0 Å². The maximum absolute atomic E-state index is 12.4. The lowest BCUT2D eigenvalue weighted by Gasteiger charge is -2.21. The third-order valence-electron chi connectivity index (χ3n) is 5.37. The zero-order valence-electron chi connectivity index (χ0n) is 16.7. The maximum Gasteiger partial charge on any atom is 0.263 e. The second kappa shape index (κ2) is 10.1. The minimum Gasteiger partial charge on any atom is -0.383 e. The molecule has 3 rings (SSSR count). The van der Waals surface area contributed by atoms with Crippen molar-refractivity contribution < 1.29 is 4.79 Å². The number of carbonyl (C=O) groups excluding carboxylic acids is 1. The molecule has 0 saturated heterocycles. The predicted octanol–water partition coefficient (Wildman–Crippen LogP) is 4.98. The number of aryl methyl sites for hydroxylation is 2. The second-order valence-corrected chi connectivity index (χ2v) is 7.71. The fourth-order valence-corrected chi connectivity index (χ4v) is 3.87. The van der Waals surface area contributed by atoms with Gasteiger partial charge in [-0.2, -0.15) is 5.26 Å². The van der Waals surface area contributed by atoms with Gasteiger partial charge >= 0.3 is 0 Å². The normalized spacial score (nSPS) is 14.4. The molecule has 1 atom stereocenters. The summed E-state index contributed by atoms with van der Waals surface area (Å²) in [5, 5.41) is 16.0. The Balaban J connectivity index is 1.65. The third-order valence-corrected chi connectivity index (χ3v) is 5.74. The SMILES string of the molecule is CCC(N/C=C(/C#N)C(=O)NCc1ccccc1Cl)c1ccc2c(c1)CCCC2. The van der Waals surface area contributed by atoms with E-state index in [0.717, 1.165) is 24.8 Å². The van der Waals surface area contributed by atoms with Gasteiger partial charge in [0.05, 0.1) is 6.04 Å². The van der Waals surface area contributed by atoms with E-state index in [1.54, 1.807) is 6.07 Å². The number of amides is 1. The predicted molar refractivity (Wildman–Crippen MR) is 116 cm³/mol. The maximum atomic E-state index is 12.4. The van der Waals surface area contributed by atoms with Crippen molar-refractivity contribution in [3.05, 3.63) is 81.5 Å². The quantitative estimate of drug-likeness (QED) is 0.502. The Hall–Kier alpha value is -2.77. The standard InChI is InChI=1S/C24H26ClN3O/c1-2-23(19-12-11-17-7-3-4-8-18(17)13-19)27-16-21(14-26)24(29)28-15-20-9-5-6-10-22(20)25/h5-6,9-13,16,23,27H,2-4,7-8,15H2,1H3,(H,28,29)/b21-16-. The summed E-state index contributed by atoms with van der Waals surface area (Å²) in [5.41, 5.74) is 4.93. The third kappa shape index (κ3) is 5.40. The summed E-state index contributed by atoms with van der Waals surface area (Å²) in [7, 11) is 0. The molecule has 0 heterocycles. The molecule has 0 aromatic heterocycles. The van der Waals surface area contributed by atoms with Crippen LogP contribution in [-0.2, 0) is 24.2 Å². The molecule has 1 aliphatic carbocycles. The van der Waals surface area contributed by atoms with Crippen LogP contribution >= 0.6 is 11.6 Å². The molecule has 0 spiro atoms. The van der Waals surface area contributed by atoms with Gasteiger partial charge in [0.1, 0.15) is 11.6 Å². The molecule has 1 amide bonds. The summed E-state index contributed by atoms with van der Waals surface area (Å²) in [6.07, 6.45) is 7.17. The van der Waals surface area contributed by atoms with E-state index in [9.17, 15) is 10.1 Å². The lowest BCUT2D eigenvalue weighted by Crippen LogP contribution is -2.26. The van der Waals surface area contributed by atoms with Gasteiger partial charge in [0.25, 0.3) is 5.91 Å². The lowest BCUT2D eigenvalue weighted by molar-refractivity contribution is -0.117. The molecule has 29 heavy (non-hydrogen) atoms. The van der Waals surface area contributed by atoms with Gasteiger partial charge in [0, 0.05) is 17.8 Å². The number of hydrogen-bond donors (Lipinski definition) is 2. The number of nitrogens with zero attached hydrogens (tertiary/aromatic N) is 1. The highest BCUT2D eigenvalue weighted by molar-refractivity contribution is 6.31. The first-order chi connectivity index (χ1) is 14.1. The molecular weight excluding hydrogens is 382 g/mol. The molecule has 0 saturated carbocycles. The summed E-state index contributed by atoms with van der Waals surface area (Å²) in [4.78, 5) is 12.4. The Morgan fingerprint density at radius 3 is 2.69 bits per heavy atom. The number of carbonyl (C=O) groups is 1. The van der Waals surface area contributed by atoms with E-state index < -0.39 is 5.91 Å². The van der Waals surface area contributed by atoms with Crippen molar-refractivity contribution in [2.75, 3.05) is 0 Å². The van der Waals surface area contributed by atoms with Gasteiger partial charge in [0.2, 0.25) is 0 Å². The summed E-state index contributed by atoms with van der Waals surface area (Å²) >= 11 is 6.12. The van der Waals surface area contributed by atoms with E-state index in [2.05, 4.69) is 35.8 Å². The number of hydrogen-bond acceptors (Lipinski definition) is 3. The van der Waals surface area contributed by atoms with Crippen molar-refractivity contribution in [3.8, 4) is 6.07 Å². The molecule has 0 aliphatic heterocycles. The number of fused-ring (bicyclic) bond motifs is 1. The average Bonchev–Trinajstić information content (AvgIpc) is 2.76. The van der Waals surface area contributed by atoms with Crippen LogP contribution < -0.4 is 10.6 Å². The molecular formula is C24H26ClN3O. The number of nitrogens with one attached hydrogen (secondary N) is 2. The van der Waals surface area contributed by atoms with Crippen molar-refractivity contribution in [3.63, 3.8) is 0 Å². The largest absolute Gasteiger partial charge is 0.383 e. The lowest BCUT2D eigenvalue weighted by atomic mass is 9.89. The van der Waals surface area contributed by atoms with Crippen molar-refractivity contribution in [2.24, 2.45) is 0 Å². The fourth-order valence-electron chi connectivity index (χ4n) is 3.66. The molecule has 2 aromatic carbocycles. The molecule has 1 unspecified atom stereocenters. The average molecular weight is 408 g/mol. The Morgan fingerprint density at radius 2 is 1.97 bits per heavy atom. The van der Waals surface area contributed by atoms with Crippen LogP contribution in [0.1, 0.15) is 54.5 Å². The van der Waals surface area contributed by atoms with E-state index in [0.29, 0.717) is 5.02 Å². The molecule has 1 aliphatic rings. The zero-order chi connectivity index (χ0) is 20.6. The monoisotopic (exact) mass is 407 g/mol. The Kier molecular flexibility index (Phi) is 7.32. The van der Waals surface area contributed by atoms with Gasteiger partial charge in [-0.15, -0.1) is 0 Å². The molecule has 2 N–H and O–H groups in total. The van der Waals surface area contributed by atoms with Crippen LogP contribution in [0.25, 0.3) is 0 Å².